The van der Waals surface area contributed by atoms with Crippen LogP contribution in [-0.4, -0.2) is 15.4 Å². The van der Waals surface area contributed by atoms with E-state index in [0.29, 0.717) is 11.3 Å². The molecule has 0 aliphatic rings. The number of amides is 1. The number of aromatic nitrogens is 1. The van der Waals surface area contributed by atoms with Crippen LogP contribution in [0.15, 0.2) is 35.3 Å². The van der Waals surface area contributed by atoms with E-state index >= 15 is 0 Å². The van der Waals surface area contributed by atoms with Crippen molar-refractivity contribution in [1.82, 2.24) is 4.57 Å². The second kappa shape index (κ2) is 7.01. The monoisotopic (exact) mass is 389 g/mol. The Hall–Kier alpha value is -2.51. The number of fused-ring (bicyclic) bond motifs is 1. The van der Waals surface area contributed by atoms with Gasteiger partial charge in [0.1, 0.15) is 0 Å². The van der Waals surface area contributed by atoms with Crippen molar-refractivity contribution in [3.63, 3.8) is 0 Å². The molecule has 0 aliphatic carbocycles. The lowest BCUT2D eigenvalue weighted by molar-refractivity contribution is -0.384. The number of thiazole rings is 1. The summed E-state index contributed by atoms with van der Waals surface area (Å²) < 4.78 is 2.99. The van der Waals surface area contributed by atoms with Crippen molar-refractivity contribution in [3.8, 4) is 0 Å². The zero-order chi connectivity index (χ0) is 19.0. The number of rotatable bonds is 3. The van der Waals surface area contributed by atoms with Crippen LogP contribution in [0.4, 0.5) is 5.69 Å². The normalized spacial score (nSPS) is 11.9. The molecule has 0 N–H and O–H groups in total. The van der Waals surface area contributed by atoms with E-state index < -0.39 is 10.8 Å². The predicted octanol–water partition coefficient (Wildman–Crippen LogP) is 4.64. The lowest BCUT2D eigenvalue weighted by atomic mass is 10.1. The number of hydrogen-bond acceptors (Lipinski definition) is 4. The maximum atomic E-state index is 12.6. The standard InChI is InChI=1S/C18H16ClN3O3S/c1-4-21-15-7-10(2)11(3)8-16(15)26-18(21)20-17(23)13-9-12(22(24)25)5-6-14(13)19/h5-9H,4H2,1-3H3. The van der Waals surface area contributed by atoms with Gasteiger partial charge < -0.3 is 4.57 Å². The Morgan fingerprint density at radius 2 is 1.96 bits per heavy atom. The van der Waals surface area contributed by atoms with Gasteiger partial charge in [0.15, 0.2) is 4.80 Å². The summed E-state index contributed by atoms with van der Waals surface area (Å²) in [5, 5.41) is 11.1. The Kier molecular flexibility index (Phi) is 4.93. The number of aryl methyl sites for hydroxylation is 3. The summed E-state index contributed by atoms with van der Waals surface area (Å²) in [5.74, 6) is -0.596. The van der Waals surface area contributed by atoms with Gasteiger partial charge in [0, 0.05) is 18.7 Å². The molecule has 8 heteroatoms. The highest BCUT2D eigenvalue weighted by Gasteiger charge is 2.16. The van der Waals surface area contributed by atoms with E-state index in [2.05, 4.69) is 17.1 Å². The smallest absolute Gasteiger partial charge is 0.281 e. The van der Waals surface area contributed by atoms with Gasteiger partial charge >= 0.3 is 0 Å². The first-order chi connectivity index (χ1) is 12.3. The van der Waals surface area contributed by atoms with Crippen LogP contribution in [0.1, 0.15) is 28.4 Å². The summed E-state index contributed by atoms with van der Waals surface area (Å²) in [5.41, 5.74) is 3.17. The van der Waals surface area contributed by atoms with Gasteiger partial charge in [-0.05, 0) is 50.1 Å². The molecule has 0 bridgehead atoms. The van der Waals surface area contributed by atoms with Gasteiger partial charge in [-0.15, -0.1) is 0 Å². The Labute approximate surface area is 158 Å². The molecule has 0 atom stereocenters. The first-order valence-corrected chi connectivity index (χ1v) is 9.15. The summed E-state index contributed by atoms with van der Waals surface area (Å²) in [6, 6.07) is 7.91. The average Bonchev–Trinajstić information content (AvgIpc) is 2.91. The minimum absolute atomic E-state index is 0.0216. The van der Waals surface area contributed by atoms with Gasteiger partial charge in [0.2, 0.25) is 0 Å². The number of nitrogens with zero attached hydrogens (tertiary/aromatic N) is 3. The lowest BCUT2D eigenvalue weighted by Gasteiger charge is -2.03. The highest BCUT2D eigenvalue weighted by molar-refractivity contribution is 7.16. The molecule has 0 aliphatic heterocycles. The van der Waals surface area contributed by atoms with E-state index in [-0.39, 0.29) is 16.3 Å². The number of hydrogen-bond donors (Lipinski definition) is 0. The topological polar surface area (TPSA) is 77.5 Å². The van der Waals surface area contributed by atoms with Crippen LogP contribution in [0.5, 0.6) is 0 Å². The fourth-order valence-electron chi connectivity index (χ4n) is 2.65. The van der Waals surface area contributed by atoms with Gasteiger partial charge in [-0.3, -0.25) is 14.9 Å². The van der Waals surface area contributed by atoms with Gasteiger partial charge in [-0.2, -0.15) is 4.99 Å². The second-order valence-corrected chi connectivity index (χ2v) is 7.29. The second-order valence-electron chi connectivity index (χ2n) is 5.87. The minimum Gasteiger partial charge on any atom is -0.317 e. The third kappa shape index (κ3) is 3.27. The van der Waals surface area contributed by atoms with E-state index in [9.17, 15) is 14.9 Å². The summed E-state index contributed by atoms with van der Waals surface area (Å²) in [4.78, 5) is 27.7. The molecule has 0 unspecified atom stereocenters. The van der Waals surface area contributed by atoms with Gasteiger partial charge in [-0.25, -0.2) is 0 Å². The van der Waals surface area contributed by atoms with Crippen LogP contribution in [0, 0.1) is 24.0 Å². The molecule has 0 radical (unpaired) electrons. The van der Waals surface area contributed by atoms with Crippen molar-refractivity contribution in [2.75, 3.05) is 0 Å². The van der Waals surface area contributed by atoms with Crippen molar-refractivity contribution in [3.05, 3.63) is 67.0 Å². The Morgan fingerprint density at radius 3 is 2.62 bits per heavy atom. The third-order valence-corrected chi connectivity index (χ3v) is 5.57. The zero-order valence-corrected chi connectivity index (χ0v) is 16.0. The van der Waals surface area contributed by atoms with Crippen LogP contribution in [0.3, 0.4) is 0 Å². The molecule has 3 aromatic rings. The molecule has 6 nitrogen and oxygen atoms in total. The number of carbonyl (C=O) groups is 1. The quantitative estimate of drug-likeness (QED) is 0.483. The van der Waals surface area contributed by atoms with Crippen molar-refractivity contribution < 1.29 is 9.72 Å². The van der Waals surface area contributed by atoms with Gasteiger partial charge in [0.05, 0.1) is 25.7 Å². The molecule has 2 aromatic carbocycles. The Balaban J connectivity index is 2.17. The van der Waals surface area contributed by atoms with Crippen molar-refractivity contribution in [2.45, 2.75) is 27.3 Å². The first kappa shape index (κ1) is 18.3. The number of carbonyl (C=O) groups excluding carboxylic acids is 1. The van der Waals surface area contributed by atoms with E-state index in [0.717, 1.165) is 21.8 Å². The third-order valence-electron chi connectivity index (χ3n) is 4.20. The molecule has 0 saturated heterocycles. The first-order valence-electron chi connectivity index (χ1n) is 7.95. The minimum atomic E-state index is -0.596. The fraction of sp³-hybridized carbons (Fsp3) is 0.222. The summed E-state index contributed by atoms with van der Waals surface area (Å²) in [6.07, 6.45) is 0. The largest absolute Gasteiger partial charge is 0.317 e. The summed E-state index contributed by atoms with van der Waals surface area (Å²) in [6.45, 7) is 6.70. The Morgan fingerprint density at radius 1 is 1.27 bits per heavy atom. The highest BCUT2D eigenvalue weighted by Crippen LogP contribution is 2.24. The molecule has 1 aromatic heterocycles. The van der Waals surface area contributed by atoms with Crippen molar-refractivity contribution >= 4 is 44.7 Å². The molecule has 0 saturated carbocycles. The maximum Gasteiger partial charge on any atom is 0.281 e. The molecule has 0 fully saturated rings. The molecular formula is C18H16ClN3O3S. The van der Waals surface area contributed by atoms with E-state index in [1.807, 2.05) is 25.3 Å². The van der Waals surface area contributed by atoms with Gasteiger partial charge in [0.25, 0.3) is 11.6 Å². The van der Waals surface area contributed by atoms with Crippen molar-refractivity contribution in [2.24, 2.45) is 4.99 Å². The fourth-order valence-corrected chi connectivity index (χ4v) is 4.02. The number of halogens is 1. The van der Waals surface area contributed by atoms with E-state index in [4.69, 9.17) is 11.6 Å². The zero-order valence-electron chi connectivity index (χ0n) is 14.4. The molecule has 0 spiro atoms. The molecular weight excluding hydrogens is 374 g/mol. The molecule has 26 heavy (non-hydrogen) atoms. The maximum absolute atomic E-state index is 12.6. The van der Waals surface area contributed by atoms with Crippen LogP contribution < -0.4 is 4.80 Å². The number of nitro groups is 1. The van der Waals surface area contributed by atoms with Crippen LogP contribution in [0.2, 0.25) is 5.02 Å². The molecule has 1 heterocycles. The lowest BCUT2D eigenvalue weighted by Crippen LogP contribution is -2.16. The predicted molar refractivity (Wildman–Crippen MR) is 103 cm³/mol. The number of benzene rings is 2. The van der Waals surface area contributed by atoms with Gasteiger partial charge in [-0.1, -0.05) is 22.9 Å². The molecule has 3 rings (SSSR count). The van der Waals surface area contributed by atoms with Crippen molar-refractivity contribution in [1.29, 1.82) is 0 Å². The van der Waals surface area contributed by atoms with Crippen LogP contribution >= 0.6 is 22.9 Å². The Bertz CT molecular complexity index is 1110. The van der Waals surface area contributed by atoms with E-state index in [1.54, 1.807) is 0 Å². The van der Waals surface area contributed by atoms with E-state index in [1.165, 1.54) is 29.0 Å². The van der Waals surface area contributed by atoms with Crippen LogP contribution in [-0.2, 0) is 6.54 Å². The average molecular weight is 390 g/mol. The molecule has 1 amide bonds. The van der Waals surface area contributed by atoms with Crippen LogP contribution in [0.25, 0.3) is 10.2 Å². The number of nitro benzene ring substituents is 1. The number of non-ortho nitro benzene ring substituents is 1. The molecule has 134 valence electrons. The SMILES string of the molecule is CCn1c(=NC(=O)c2cc([N+](=O)[O-])ccc2Cl)sc2cc(C)c(C)cc21. The summed E-state index contributed by atoms with van der Waals surface area (Å²) in [7, 11) is 0. The highest BCUT2D eigenvalue weighted by atomic mass is 35.5. The summed E-state index contributed by atoms with van der Waals surface area (Å²) >= 11 is 7.46.